The van der Waals surface area contributed by atoms with Gasteiger partial charge in [0, 0.05) is 38.3 Å². The van der Waals surface area contributed by atoms with E-state index in [4.69, 9.17) is 14.2 Å². The van der Waals surface area contributed by atoms with E-state index in [-0.39, 0.29) is 18.0 Å². The van der Waals surface area contributed by atoms with Crippen molar-refractivity contribution >= 4 is 17.7 Å². The molecule has 38 heavy (non-hydrogen) atoms. The lowest BCUT2D eigenvalue weighted by Crippen LogP contribution is -2.52. The molecule has 1 saturated heterocycles. The Balaban J connectivity index is 1.26. The highest BCUT2D eigenvalue weighted by Gasteiger charge is 2.39. The zero-order chi connectivity index (χ0) is 27.3. The number of rotatable bonds is 9. The van der Waals surface area contributed by atoms with E-state index in [9.17, 15) is 28.1 Å². The fraction of sp³-hybridized carbons (Fsp3) is 0.520. The van der Waals surface area contributed by atoms with Gasteiger partial charge in [-0.2, -0.15) is 13.2 Å². The third kappa shape index (κ3) is 6.70. The third-order valence-corrected chi connectivity index (χ3v) is 6.81. The maximum atomic E-state index is 13.2. The smallest absolute Gasteiger partial charge is 0.423 e. The summed E-state index contributed by atoms with van der Waals surface area (Å²) in [6.07, 6.45) is -1.35. The molecule has 1 unspecified atom stereocenters. The van der Waals surface area contributed by atoms with Gasteiger partial charge < -0.3 is 19.1 Å². The van der Waals surface area contributed by atoms with Gasteiger partial charge >= 0.3 is 6.18 Å². The number of piperazine rings is 1. The maximum Gasteiger partial charge on any atom is 0.423 e. The number of hydrogen-bond donors (Lipinski definition) is 0. The highest BCUT2D eigenvalue weighted by Crippen LogP contribution is 2.39. The van der Waals surface area contributed by atoms with Crippen molar-refractivity contribution < 1.29 is 37.1 Å². The number of halogens is 3. The molecule has 1 saturated carbocycles. The summed E-state index contributed by atoms with van der Waals surface area (Å²) in [5.41, 5.74) is -1.37. The number of anilines is 1. The molecule has 0 bridgehead atoms. The van der Waals surface area contributed by atoms with E-state index in [0.29, 0.717) is 63.8 Å². The molecule has 1 aromatic heterocycles. The predicted molar refractivity (Wildman–Crippen MR) is 130 cm³/mol. The summed E-state index contributed by atoms with van der Waals surface area (Å²) >= 11 is 0. The van der Waals surface area contributed by atoms with E-state index in [0.717, 1.165) is 18.0 Å². The fourth-order valence-corrected chi connectivity index (χ4v) is 4.77. The Morgan fingerprint density at radius 1 is 1.08 bits per heavy atom. The van der Waals surface area contributed by atoms with Crippen molar-refractivity contribution in [2.24, 2.45) is 0 Å². The lowest BCUT2D eigenvalue weighted by molar-refractivity contribution is -0.388. The first-order valence-electron chi connectivity index (χ1n) is 12.3. The molecule has 2 fully saturated rings. The molecule has 2 aliphatic rings. The van der Waals surface area contributed by atoms with E-state index < -0.39 is 28.6 Å². The van der Waals surface area contributed by atoms with Gasteiger partial charge in [0.1, 0.15) is 11.3 Å². The van der Waals surface area contributed by atoms with E-state index in [1.807, 2.05) is 11.0 Å². The number of aldehydes is 1. The summed E-state index contributed by atoms with van der Waals surface area (Å²) in [5, 5.41) is 10.9. The molecule has 0 amide bonds. The SMILES string of the molecule is COc1ccc(N2CCN(C(C=O)OC3CCC(Oc4ccc([N+](=O)[O-])c(C(F)(F)F)c4)CC3)CC2)cn1. The number of hydrogen-bond acceptors (Lipinski definition) is 9. The molecule has 1 aliphatic carbocycles. The largest absolute Gasteiger partial charge is 0.490 e. The van der Waals surface area contributed by atoms with Crippen molar-refractivity contribution in [3.8, 4) is 11.6 Å². The van der Waals surface area contributed by atoms with Crippen molar-refractivity contribution in [3.05, 3.63) is 52.2 Å². The molecule has 1 atom stereocenters. The van der Waals surface area contributed by atoms with Crippen molar-refractivity contribution in [2.75, 3.05) is 38.2 Å². The summed E-state index contributed by atoms with van der Waals surface area (Å²) in [4.78, 5) is 30.1. The van der Waals surface area contributed by atoms with Gasteiger partial charge in [-0.05, 0) is 43.9 Å². The Hall–Kier alpha value is -3.45. The second-order valence-corrected chi connectivity index (χ2v) is 9.19. The van der Waals surface area contributed by atoms with Crippen LogP contribution in [0.1, 0.15) is 31.2 Å². The van der Waals surface area contributed by atoms with Crippen LogP contribution in [0.3, 0.4) is 0 Å². The highest BCUT2D eigenvalue weighted by molar-refractivity contribution is 5.56. The highest BCUT2D eigenvalue weighted by atomic mass is 19.4. The maximum absolute atomic E-state index is 13.2. The Bertz CT molecular complexity index is 1100. The average Bonchev–Trinajstić information content (AvgIpc) is 2.92. The van der Waals surface area contributed by atoms with Crippen LogP contribution in [0.2, 0.25) is 0 Å². The van der Waals surface area contributed by atoms with Crippen LogP contribution < -0.4 is 14.4 Å². The molecule has 10 nitrogen and oxygen atoms in total. The topological polar surface area (TPSA) is 107 Å². The van der Waals surface area contributed by atoms with Gasteiger partial charge in [0.2, 0.25) is 5.88 Å². The van der Waals surface area contributed by atoms with Crippen molar-refractivity contribution in [1.29, 1.82) is 0 Å². The number of aromatic nitrogens is 1. The zero-order valence-corrected chi connectivity index (χ0v) is 20.8. The van der Waals surface area contributed by atoms with Crippen molar-refractivity contribution in [1.82, 2.24) is 9.88 Å². The quantitative estimate of drug-likeness (QED) is 0.265. The number of methoxy groups -OCH3 is 1. The molecule has 2 aromatic rings. The van der Waals surface area contributed by atoms with Crippen molar-refractivity contribution in [2.45, 2.75) is 50.3 Å². The molecular formula is C25H29F3N4O6. The van der Waals surface area contributed by atoms with Gasteiger partial charge in [0.25, 0.3) is 5.69 Å². The molecule has 13 heteroatoms. The average molecular weight is 539 g/mol. The lowest BCUT2D eigenvalue weighted by atomic mass is 9.94. The molecule has 4 rings (SSSR count). The summed E-state index contributed by atoms with van der Waals surface area (Å²) < 4.78 is 56.6. The first-order valence-corrected chi connectivity index (χ1v) is 12.3. The van der Waals surface area contributed by atoms with Gasteiger partial charge in [-0.15, -0.1) is 0 Å². The molecular weight excluding hydrogens is 509 g/mol. The summed E-state index contributed by atoms with van der Waals surface area (Å²) in [7, 11) is 1.56. The molecule has 206 valence electrons. The second kappa shape index (κ2) is 11.9. The Morgan fingerprint density at radius 3 is 2.32 bits per heavy atom. The number of carbonyl (C=O) groups excluding carboxylic acids is 1. The minimum absolute atomic E-state index is 0.0667. The van der Waals surface area contributed by atoms with Crippen LogP contribution in [0.5, 0.6) is 11.6 Å². The van der Waals surface area contributed by atoms with Crippen LogP contribution in [-0.4, -0.2) is 72.8 Å². The van der Waals surface area contributed by atoms with Crippen LogP contribution in [-0.2, 0) is 15.7 Å². The Labute approximate surface area is 217 Å². The summed E-state index contributed by atoms with van der Waals surface area (Å²) in [5.74, 6) is 0.476. The van der Waals surface area contributed by atoms with E-state index in [2.05, 4.69) is 9.88 Å². The molecule has 1 aromatic carbocycles. The summed E-state index contributed by atoms with van der Waals surface area (Å²) in [6, 6.07) is 6.41. The molecule has 0 spiro atoms. The van der Waals surface area contributed by atoms with Gasteiger partial charge in [0.15, 0.2) is 12.5 Å². The molecule has 2 heterocycles. The monoisotopic (exact) mass is 538 g/mol. The first kappa shape index (κ1) is 27.6. The number of nitrogens with zero attached hydrogens (tertiary/aromatic N) is 4. The van der Waals surface area contributed by atoms with Crippen LogP contribution in [0.4, 0.5) is 24.5 Å². The van der Waals surface area contributed by atoms with Crippen LogP contribution in [0.15, 0.2) is 36.5 Å². The number of pyridine rings is 1. The van der Waals surface area contributed by atoms with Crippen LogP contribution in [0.25, 0.3) is 0 Å². The van der Waals surface area contributed by atoms with E-state index >= 15 is 0 Å². The minimum Gasteiger partial charge on any atom is -0.490 e. The standard InChI is InChI=1S/C25H29F3N4O6/c1-36-23-9-2-17(15-29-23)30-10-12-31(13-11-30)24(16-33)38-19-5-3-18(4-6-19)37-20-7-8-22(32(34)35)21(14-20)25(26,27)28/h2,7-9,14-16,18-19,24H,3-6,10-13H2,1H3. The third-order valence-electron chi connectivity index (χ3n) is 6.81. The molecule has 1 aliphatic heterocycles. The number of alkyl halides is 3. The number of nitro benzene ring substituents is 1. The Kier molecular flexibility index (Phi) is 8.67. The van der Waals surface area contributed by atoms with Gasteiger partial charge in [0.05, 0.1) is 36.1 Å². The number of nitro groups is 1. The van der Waals surface area contributed by atoms with Crippen molar-refractivity contribution in [3.63, 3.8) is 0 Å². The predicted octanol–water partition coefficient (Wildman–Crippen LogP) is 4.07. The molecule has 0 N–H and O–H groups in total. The van der Waals surface area contributed by atoms with Gasteiger partial charge in [-0.3, -0.25) is 19.8 Å². The second-order valence-electron chi connectivity index (χ2n) is 9.19. The van der Waals surface area contributed by atoms with Crippen LogP contribution >= 0.6 is 0 Å². The van der Waals surface area contributed by atoms with Gasteiger partial charge in [-0.1, -0.05) is 0 Å². The zero-order valence-electron chi connectivity index (χ0n) is 20.8. The summed E-state index contributed by atoms with van der Waals surface area (Å²) in [6.45, 7) is 2.68. The van der Waals surface area contributed by atoms with Gasteiger partial charge in [-0.25, -0.2) is 4.98 Å². The number of benzene rings is 1. The van der Waals surface area contributed by atoms with Crippen LogP contribution in [0, 0.1) is 10.1 Å². The van der Waals surface area contributed by atoms with E-state index in [1.165, 1.54) is 6.07 Å². The Morgan fingerprint density at radius 2 is 1.76 bits per heavy atom. The minimum atomic E-state index is -4.87. The fourth-order valence-electron chi connectivity index (χ4n) is 4.77. The molecule has 0 radical (unpaired) electrons. The van der Waals surface area contributed by atoms with E-state index in [1.54, 1.807) is 19.4 Å². The number of carbonyl (C=O) groups is 1. The normalized spacial score (nSPS) is 21.5. The first-order chi connectivity index (χ1) is 18.2. The lowest BCUT2D eigenvalue weighted by Gasteiger charge is -2.39. The number of ether oxygens (including phenoxy) is 3.